The Hall–Kier alpha value is -3.85. The van der Waals surface area contributed by atoms with E-state index in [9.17, 15) is 9.90 Å². The highest BCUT2D eigenvalue weighted by Gasteiger charge is 2.20. The molecule has 1 aromatic heterocycles. The van der Waals surface area contributed by atoms with E-state index in [1.807, 2.05) is 24.3 Å². The van der Waals surface area contributed by atoms with Crippen molar-refractivity contribution in [1.82, 2.24) is 14.9 Å². The van der Waals surface area contributed by atoms with Gasteiger partial charge in [0.1, 0.15) is 11.6 Å². The highest BCUT2D eigenvalue weighted by molar-refractivity contribution is 5.93. The maximum Gasteiger partial charge on any atom is 0.417 e. The Morgan fingerprint density at radius 2 is 1.84 bits per heavy atom. The van der Waals surface area contributed by atoms with Crippen LogP contribution in [0.3, 0.4) is 0 Å². The van der Waals surface area contributed by atoms with Crippen molar-refractivity contribution in [2.24, 2.45) is 0 Å². The molecule has 0 spiro atoms. The lowest BCUT2D eigenvalue weighted by Gasteiger charge is -2.34. The first-order chi connectivity index (χ1) is 15.5. The smallest absolute Gasteiger partial charge is 0.417 e. The average molecular weight is 435 g/mol. The Morgan fingerprint density at radius 1 is 1.09 bits per heavy atom. The van der Waals surface area contributed by atoms with Gasteiger partial charge in [0, 0.05) is 50.2 Å². The maximum atomic E-state index is 11.9. The summed E-state index contributed by atoms with van der Waals surface area (Å²) in [6.07, 6.45) is 0.401. The van der Waals surface area contributed by atoms with Gasteiger partial charge in [-0.05, 0) is 31.3 Å². The standard InChI is InChI=1S/C23H26N6O3/c1-27-12-14-28(15-13-27)19-9-8-17(16-20(19)32-2)25-22-24-11-10-21(26-22)29(23(30)31)18-6-4-3-5-7-18/h3-11,16H,12-15H2,1-2H3,(H,30,31)(H,24,25,26). The molecule has 4 rings (SSSR count). The van der Waals surface area contributed by atoms with Crippen LogP contribution in [0.25, 0.3) is 0 Å². The topological polar surface area (TPSA) is 94.1 Å². The number of anilines is 5. The summed E-state index contributed by atoms with van der Waals surface area (Å²) in [5.41, 5.74) is 2.29. The summed E-state index contributed by atoms with van der Waals surface area (Å²) < 4.78 is 5.63. The summed E-state index contributed by atoms with van der Waals surface area (Å²) in [5, 5.41) is 12.9. The largest absolute Gasteiger partial charge is 0.495 e. The van der Waals surface area contributed by atoms with Crippen LogP contribution >= 0.6 is 0 Å². The minimum atomic E-state index is -1.13. The van der Waals surface area contributed by atoms with E-state index in [1.54, 1.807) is 37.4 Å². The van der Waals surface area contributed by atoms with Crippen LogP contribution in [-0.2, 0) is 0 Å². The van der Waals surface area contributed by atoms with Crippen LogP contribution in [0.2, 0.25) is 0 Å². The Kier molecular flexibility index (Phi) is 6.37. The second-order valence-corrected chi connectivity index (χ2v) is 7.49. The molecule has 0 atom stereocenters. The number of ether oxygens (including phenoxy) is 1. The number of hydrogen-bond acceptors (Lipinski definition) is 7. The first-order valence-electron chi connectivity index (χ1n) is 10.3. The zero-order valence-electron chi connectivity index (χ0n) is 18.1. The van der Waals surface area contributed by atoms with Crippen molar-refractivity contribution in [3.63, 3.8) is 0 Å². The van der Waals surface area contributed by atoms with Crippen LogP contribution in [0.5, 0.6) is 5.75 Å². The number of aromatic nitrogens is 2. The van der Waals surface area contributed by atoms with Crippen molar-refractivity contribution in [3.05, 3.63) is 60.8 Å². The molecule has 3 aromatic rings. The van der Waals surface area contributed by atoms with Crippen LogP contribution in [0.15, 0.2) is 60.8 Å². The third-order valence-electron chi connectivity index (χ3n) is 5.36. The van der Waals surface area contributed by atoms with Gasteiger partial charge in [0.2, 0.25) is 5.95 Å². The monoisotopic (exact) mass is 434 g/mol. The molecule has 2 heterocycles. The minimum absolute atomic E-state index is 0.252. The molecular formula is C23H26N6O3. The van der Waals surface area contributed by atoms with E-state index in [0.717, 1.165) is 48.2 Å². The van der Waals surface area contributed by atoms with Gasteiger partial charge in [0.25, 0.3) is 0 Å². The molecule has 0 saturated carbocycles. The molecule has 0 bridgehead atoms. The van der Waals surface area contributed by atoms with Crippen LogP contribution in [0.4, 0.5) is 33.6 Å². The van der Waals surface area contributed by atoms with Gasteiger partial charge in [-0.3, -0.25) is 0 Å². The van der Waals surface area contributed by atoms with Gasteiger partial charge in [-0.15, -0.1) is 0 Å². The van der Waals surface area contributed by atoms with E-state index in [0.29, 0.717) is 11.6 Å². The van der Waals surface area contributed by atoms with Crippen LogP contribution in [0, 0.1) is 0 Å². The van der Waals surface area contributed by atoms with Gasteiger partial charge in [-0.25, -0.2) is 14.7 Å². The number of nitrogens with one attached hydrogen (secondary N) is 1. The lowest BCUT2D eigenvalue weighted by Crippen LogP contribution is -2.44. The van der Waals surface area contributed by atoms with E-state index in [4.69, 9.17) is 4.74 Å². The fourth-order valence-corrected chi connectivity index (χ4v) is 3.64. The highest BCUT2D eigenvalue weighted by atomic mass is 16.5. The Morgan fingerprint density at radius 3 is 2.53 bits per heavy atom. The van der Waals surface area contributed by atoms with Gasteiger partial charge in [0.15, 0.2) is 0 Å². The second kappa shape index (κ2) is 9.52. The summed E-state index contributed by atoms with van der Waals surface area (Å²) in [6.45, 7) is 3.89. The zero-order chi connectivity index (χ0) is 22.5. The van der Waals surface area contributed by atoms with Crippen LogP contribution in [0.1, 0.15) is 0 Å². The number of piperazine rings is 1. The fraction of sp³-hybridized carbons (Fsp3) is 0.261. The lowest BCUT2D eigenvalue weighted by molar-refractivity contribution is 0.204. The fourth-order valence-electron chi connectivity index (χ4n) is 3.64. The van der Waals surface area contributed by atoms with Crippen molar-refractivity contribution in [2.75, 3.05) is 55.5 Å². The number of carbonyl (C=O) groups is 1. The molecule has 1 saturated heterocycles. The molecule has 1 aliphatic rings. The predicted octanol–water partition coefficient (Wildman–Crippen LogP) is 3.80. The number of likely N-dealkylation sites (N-methyl/N-ethyl adjacent to an activating group) is 1. The summed E-state index contributed by atoms with van der Waals surface area (Å²) in [6, 6.07) is 16.2. The molecule has 1 amide bonds. The molecular weight excluding hydrogens is 408 g/mol. The quantitative estimate of drug-likeness (QED) is 0.605. The molecule has 2 N–H and O–H groups in total. The predicted molar refractivity (Wildman–Crippen MR) is 125 cm³/mol. The number of para-hydroxylation sites is 1. The first-order valence-corrected chi connectivity index (χ1v) is 10.3. The van der Waals surface area contributed by atoms with Gasteiger partial charge in [0.05, 0.1) is 18.5 Å². The second-order valence-electron chi connectivity index (χ2n) is 7.49. The number of hydrogen-bond donors (Lipinski definition) is 2. The van der Waals surface area contributed by atoms with E-state index in [-0.39, 0.29) is 5.82 Å². The minimum Gasteiger partial charge on any atom is -0.495 e. The Balaban J connectivity index is 1.56. The third kappa shape index (κ3) is 4.73. The van der Waals surface area contributed by atoms with Crippen molar-refractivity contribution in [2.45, 2.75) is 0 Å². The molecule has 9 heteroatoms. The van der Waals surface area contributed by atoms with Crippen LogP contribution in [-0.4, -0.2) is 66.4 Å². The molecule has 0 radical (unpaired) electrons. The summed E-state index contributed by atoms with van der Waals surface area (Å²) in [4.78, 5) is 26.3. The number of methoxy groups -OCH3 is 1. The highest BCUT2D eigenvalue weighted by Crippen LogP contribution is 2.33. The molecule has 32 heavy (non-hydrogen) atoms. The summed E-state index contributed by atoms with van der Waals surface area (Å²) in [5.74, 6) is 1.30. The lowest BCUT2D eigenvalue weighted by atomic mass is 10.2. The number of carboxylic acid groups (broad SMARTS) is 1. The van der Waals surface area contributed by atoms with Gasteiger partial charge in [-0.2, -0.15) is 4.98 Å². The maximum absolute atomic E-state index is 11.9. The SMILES string of the molecule is COc1cc(Nc2nccc(N(C(=O)O)c3ccccc3)n2)ccc1N1CCN(C)CC1. The summed E-state index contributed by atoms with van der Waals surface area (Å²) in [7, 11) is 3.78. The van der Waals surface area contributed by atoms with Crippen molar-refractivity contribution >= 4 is 34.9 Å². The van der Waals surface area contributed by atoms with Gasteiger partial charge < -0.3 is 25.0 Å². The van der Waals surface area contributed by atoms with E-state index >= 15 is 0 Å². The Bertz CT molecular complexity index is 1070. The van der Waals surface area contributed by atoms with Gasteiger partial charge in [-0.1, -0.05) is 18.2 Å². The van der Waals surface area contributed by atoms with E-state index < -0.39 is 6.09 Å². The number of benzene rings is 2. The number of amides is 1. The van der Waals surface area contributed by atoms with Crippen molar-refractivity contribution in [1.29, 1.82) is 0 Å². The number of nitrogens with zero attached hydrogens (tertiary/aromatic N) is 5. The molecule has 0 aliphatic carbocycles. The third-order valence-corrected chi connectivity index (χ3v) is 5.36. The number of rotatable bonds is 6. The van der Waals surface area contributed by atoms with Crippen molar-refractivity contribution < 1.29 is 14.6 Å². The Labute approximate surface area is 186 Å². The molecule has 1 fully saturated rings. The molecule has 2 aromatic carbocycles. The first kappa shape index (κ1) is 21.4. The molecule has 9 nitrogen and oxygen atoms in total. The van der Waals surface area contributed by atoms with E-state index in [2.05, 4.69) is 32.1 Å². The van der Waals surface area contributed by atoms with Crippen LogP contribution < -0.4 is 19.9 Å². The van der Waals surface area contributed by atoms with E-state index in [1.165, 1.54) is 6.20 Å². The van der Waals surface area contributed by atoms with Crippen molar-refractivity contribution in [3.8, 4) is 5.75 Å². The molecule has 1 aliphatic heterocycles. The zero-order valence-corrected chi connectivity index (χ0v) is 18.1. The molecule has 166 valence electrons. The molecule has 0 unspecified atom stereocenters. The normalized spacial score (nSPS) is 14.1. The summed E-state index contributed by atoms with van der Waals surface area (Å²) >= 11 is 0. The average Bonchev–Trinajstić information content (AvgIpc) is 2.80. The van der Waals surface area contributed by atoms with Gasteiger partial charge >= 0.3 is 6.09 Å².